The summed E-state index contributed by atoms with van der Waals surface area (Å²) in [5.41, 5.74) is 4.50. The lowest BCUT2D eigenvalue weighted by Crippen LogP contribution is -2.35. The number of fused-ring (bicyclic) bond motifs is 1. The molecule has 1 amide bonds. The van der Waals surface area contributed by atoms with E-state index in [2.05, 4.69) is 64.1 Å². The normalized spacial score (nSPS) is 14.1. The van der Waals surface area contributed by atoms with Gasteiger partial charge in [0, 0.05) is 35.6 Å². The zero-order valence-corrected chi connectivity index (χ0v) is 20.6. The largest absolute Gasteiger partial charge is 0.394 e. The van der Waals surface area contributed by atoms with E-state index in [1.54, 1.807) is 6.92 Å². The fourth-order valence-electron chi connectivity index (χ4n) is 3.78. The van der Waals surface area contributed by atoms with Gasteiger partial charge in [-0.1, -0.05) is 32.9 Å². The second kappa shape index (κ2) is 10.4. The van der Waals surface area contributed by atoms with Crippen LogP contribution in [0.2, 0.25) is 0 Å². The number of rotatable bonds is 7. The van der Waals surface area contributed by atoms with E-state index in [9.17, 15) is 9.90 Å². The van der Waals surface area contributed by atoms with Gasteiger partial charge in [0.25, 0.3) is 5.91 Å². The average molecular weight is 476 g/mol. The molecule has 1 unspecified atom stereocenters. The van der Waals surface area contributed by atoms with Crippen LogP contribution in [0.25, 0.3) is 0 Å². The third kappa shape index (κ3) is 6.12. The summed E-state index contributed by atoms with van der Waals surface area (Å²) in [6.45, 7) is 9.65. The quantitative estimate of drug-likeness (QED) is 0.352. The van der Waals surface area contributed by atoms with Crippen LogP contribution in [0.3, 0.4) is 0 Å². The van der Waals surface area contributed by atoms with E-state index in [4.69, 9.17) is 4.98 Å². The van der Waals surface area contributed by atoms with E-state index in [0.717, 1.165) is 30.9 Å². The molecule has 3 heterocycles. The predicted octanol–water partition coefficient (Wildman–Crippen LogP) is 3.41. The lowest BCUT2D eigenvalue weighted by atomic mass is 9.92. The van der Waals surface area contributed by atoms with Crippen molar-refractivity contribution in [1.82, 2.24) is 25.6 Å². The predicted molar refractivity (Wildman–Crippen MR) is 137 cm³/mol. The number of hydrogen-bond donors (Lipinski definition) is 5. The zero-order valence-electron chi connectivity index (χ0n) is 20.6. The Bertz CT molecular complexity index is 1210. The number of anilines is 4. The number of aromatic nitrogens is 3. The lowest BCUT2D eigenvalue weighted by Gasteiger charge is -2.19. The van der Waals surface area contributed by atoms with Gasteiger partial charge in [0.05, 0.1) is 6.61 Å². The average Bonchev–Trinajstić information content (AvgIpc) is 2.83. The number of hydrogen-bond acceptors (Lipinski definition) is 8. The monoisotopic (exact) mass is 475 g/mol. The van der Waals surface area contributed by atoms with Crippen molar-refractivity contribution < 1.29 is 9.90 Å². The molecule has 4 rings (SSSR count). The fourth-order valence-corrected chi connectivity index (χ4v) is 3.78. The molecule has 0 fully saturated rings. The molecular formula is C26H33N7O2. The molecule has 9 nitrogen and oxygen atoms in total. The lowest BCUT2D eigenvalue weighted by molar-refractivity contribution is 0.0922. The SMILES string of the molecule is CC(CO)NC(=O)c1cnc(Nc2ccc3c(c2)CNCC3)nc1Nc1cccc(C(C)(C)C)n1. The van der Waals surface area contributed by atoms with Crippen molar-refractivity contribution in [2.75, 3.05) is 23.8 Å². The van der Waals surface area contributed by atoms with Crippen LogP contribution in [0.4, 0.5) is 23.3 Å². The first-order chi connectivity index (χ1) is 16.7. The molecule has 9 heteroatoms. The van der Waals surface area contributed by atoms with Crippen LogP contribution < -0.4 is 21.3 Å². The van der Waals surface area contributed by atoms with E-state index in [0.29, 0.717) is 17.6 Å². The van der Waals surface area contributed by atoms with Gasteiger partial charge < -0.3 is 26.4 Å². The Morgan fingerprint density at radius 1 is 1.14 bits per heavy atom. The molecule has 0 radical (unpaired) electrons. The molecule has 0 saturated heterocycles. The minimum atomic E-state index is -0.403. The highest BCUT2D eigenvalue weighted by molar-refractivity contribution is 5.99. The first-order valence-electron chi connectivity index (χ1n) is 11.9. The summed E-state index contributed by atoms with van der Waals surface area (Å²) >= 11 is 0. The number of carbonyl (C=O) groups excluding carboxylic acids is 1. The molecule has 0 aliphatic carbocycles. The Morgan fingerprint density at radius 2 is 1.97 bits per heavy atom. The molecule has 1 aliphatic heterocycles. The molecule has 35 heavy (non-hydrogen) atoms. The smallest absolute Gasteiger partial charge is 0.256 e. The van der Waals surface area contributed by atoms with Crippen LogP contribution in [-0.4, -0.2) is 45.2 Å². The molecular weight excluding hydrogens is 442 g/mol. The molecule has 0 spiro atoms. The molecule has 0 saturated carbocycles. The van der Waals surface area contributed by atoms with Crippen LogP contribution in [-0.2, 0) is 18.4 Å². The second-order valence-corrected chi connectivity index (χ2v) is 9.83. The van der Waals surface area contributed by atoms with E-state index < -0.39 is 6.04 Å². The van der Waals surface area contributed by atoms with E-state index in [-0.39, 0.29) is 23.5 Å². The first kappa shape index (κ1) is 24.6. The van der Waals surface area contributed by atoms with Crippen LogP contribution in [0.15, 0.2) is 42.6 Å². The maximum Gasteiger partial charge on any atom is 0.256 e. The third-order valence-corrected chi connectivity index (χ3v) is 5.80. The minimum Gasteiger partial charge on any atom is -0.394 e. The van der Waals surface area contributed by atoms with E-state index in [1.165, 1.54) is 17.3 Å². The molecule has 5 N–H and O–H groups in total. The first-order valence-corrected chi connectivity index (χ1v) is 11.9. The number of carbonyl (C=O) groups is 1. The van der Waals surface area contributed by atoms with Gasteiger partial charge >= 0.3 is 0 Å². The van der Waals surface area contributed by atoms with Gasteiger partial charge in [-0.05, 0) is 55.3 Å². The third-order valence-electron chi connectivity index (χ3n) is 5.80. The molecule has 184 valence electrons. The van der Waals surface area contributed by atoms with Gasteiger partial charge in [-0.25, -0.2) is 9.97 Å². The maximum atomic E-state index is 12.9. The number of nitrogens with one attached hydrogen (secondary N) is 4. The molecule has 1 aromatic carbocycles. The van der Waals surface area contributed by atoms with E-state index in [1.807, 2.05) is 24.3 Å². The number of nitrogens with zero attached hydrogens (tertiary/aromatic N) is 3. The van der Waals surface area contributed by atoms with Crippen molar-refractivity contribution in [1.29, 1.82) is 0 Å². The second-order valence-electron chi connectivity index (χ2n) is 9.83. The van der Waals surface area contributed by atoms with Crippen LogP contribution in [0, 0.1) is 0 Å². The van der Waals surface area contributed by atoms with Crippen molar-refractivity contribution in [3.63, 3.8) is 0 Å². The Labute approximate surface area is 205 Å². The summed E-state index contributed by atoms with van der Waals surface area (Å²) in [5, 5.41) is 21.9. The summed E-state index contributed by atoms with van der Waals surface area (Å²) in [6, 6.07) is 11.6. The molecule has 1 atom stereocenters. The van der Waals surface area contributed by atoms with Crippen molar-refractivity contribution in [3.8, 4) is 0 Å². The van der Waals surface area contributed by atoms with Crippen LogP contribution in [0.1, 0.15) is 54.9 Å². The number of amides is 1. The summed E-state index contributed by atoms with van der Waals surface area (Å²) < 4.78 is 0. The highest BCUT2D eigenvalue weighted by Gasteiger charge is 2.20. The number of benzene rings is 1. The zero-order chi connectivity index (χ0) is 25.0. The summed E-state index contributed by atoms with van der Waals surface area (Å²) in [7, 11) is 0. The van der Waals surface area contributed by atoms with Crippen molar-refractivity contribution in [2.45, 2.75) is 52.1 Å². The Hall–Kier alpha value is -3.56. The minimum absolute atomic E-state index is 0.131. The fraction of sp³-hybridized carbons (Fsp3) is 0.385. The van der Waals surface area contributed by atoms with Gasteiger partial charge in [-0.3, -0.25) is 4.79 Å². The van der Waals surface area contributed by atoms with Crippen molar-refractivity contribution >= 4 is 29.2 Å². The number of aliphatic hydroxyl groups excluding tert-OH is 1. The van der Waals surface area contributed by atoms with Crippen molar-refractivity contribution in [2.24, 2.45) is 0 Å². The Kier molecular flexibility index (Phi) is 7.28. The standard InChI is InChI=1S/C26H33N7O2/c1-16(15-34)29-24(35)20-14-28-25(30-19-9-8-17-10-11-27-13-18(17)12-19)33-23(20)32-22-7-5-6-21(31-22)26(2,3)4/h5-9,12,14,16,27,34H,10-11,13,15H2,1-4H3,(H,29,35)(H2,28,30,31,32,33). The van der Waals surface area contributed by atoms with E-state index >= 15 is 0 Å². The van der Waals surface area contributed by atoms with Crippen LogP contribution in [0.5, 0.6) is 0 Å². The molecule has 3 aromatic rings. The van der Waals surface area contributed by atoms with Gasteiger partial charge in [0.1, 0.15) is 17.2 Å². The summed E-state index contributed by atoms with van der Waals surface area (Å²) in [6.07, 6.45) is 2.49. The van der Waals surface area contributed by atoms with Gasteiger partial charge in [0.15, 0.2) is 0 Å². The van der Waals surface area contributed by atoms with Gasteiger partial charge in [-0.15, -0.1) is 0 Å². The topological polar surface area (TPSA) is 124 Å². The summed E-state index contributed by atoms with van der Waals surface area (Å²) in [4.78, 5) is 26.6. The maximum absolute atomic E-state index is 12.9. The molecule has 1 aliphatic rings. The molecule has 0 bridgehead atoms. The number of aliphatic hydroxyl groups is 1. The Balaban J connectivity index is 1.65. The summed E-state index contributed by atoms with van der Waals surface area (Å²) in [5.74, 6) is 0.872. The number of pyridine rings is 1. The molecule has 2 aromatic heterocycles. The highest BCUT2D eigenvalue weighted by Crippen LogP contribution is 2.25. The highest BCUT2D eigenvalue weighted by atomic mass is 16.3. The van der Waals surface area contributed by atoms with Crippen LogP contribution >= 0.6 is 0 Å². The van der Waals surface area contributed by atoms with Gasteiger partial charge in [-0.2, -0.15) is 4.98 Å². The van der Waals surface area contributed by atoms with Gasteiger partial charge in [0.2, 0.25) is 5.95 Å². The Morgan fingerprint density at radius 3 is 2.74 bits per heavy atom. The van der Waals surface area contributed by atoms with Crippen molar-refractivity contribution in [3.05, 3.63) is 65.0 Å².